The fourth-order valence-corrected chi connectivity index (χ4v) is 6.83. The predicted octanol–water partition coefficient (Wildman–Crippen LogP) is 9.16. The molecule has 0 aliphatic heterocycles. The lowest BCUT2D eigenvalue weighted by molar-refractivity contribution is 1.01. The molecule has 4 nitrogen and oxygen atoms in total. The summed E-state index contributed by atoms with van der Waals surface area (Å²) in [7, 11) is 0. The lowest BCUT2D eigenvalue weighted by Crippen LogP contribution is -2.21. The number of aromatic nitrogens is 3. The Labute approximate surface area is 246 Å². The molecule has 0 saturated heterocycles. The number of nitrogens with zero attached hydrogens (tertiary/aromatic N) is 3. The third-order valence-electron chi connectivity index (χ3n) is 8.65. The molecule has 202 valence electrons. The summed E-state index contributed by atoms with van der Waals surface area (Å²) in [5.41, 5.74) is 9.20. The summed E-state index contributed by atoms with van der Waals surface area (Å²) in [5, 5.41) is 4.27. The minimum Gasteiger partial charge on any atom is -0.309 e. The van der Waals surface area contributed by atoms with Crippen LogP contribution in [-0.2, 0) is 0 Å². The van der Waals surface area contributed by atoms with Gasteiger partial charge < -0.3 is 4.57 Å². The molecule has 3 heterocycles. The van der Waals surface area contributed by atoms with Crippen LogP contribution in [0.1, 0.15) is 0 Å². The van der Waals surface area contributed by atoms with Crippen LogP contribution in [0.25, 0.3) is 71.8 Å². The summed E-state index contributed by atoms with van der Waals surface area (Å²) in [6, 6.07) is 52.2. The lowest BCUT2D eigenvalue weighted by atomic mass is 10.0. The summed E-state index contributed by atoms with van der Waals surface area (Å²) < 4.78 is 6.45. The Balaban J connectivity index is 1.37. The summed E-state index contributed by atoms with van der Waals surface area (Å²) in [6.45, 7) is 0. The van der Waals surface area contributed by atoms with Crippen LogP contribution in [0.2, 0.25) is 0 Å². The predicted molar refractivity (Wildman–Crippen MR) is 178 cm³/mol. The molecule has 0 fully saturated rings. The molecule has 3 aromatic heterocycles. The number of rotatable bonds is 3. The molecule has 0 saturated carbocycles. The van der Waals surface area contributed by atoms with E-state index in [1.54, 1.807) is 0 Å². The van der Waals surface area contributed by atoms with Gasteiger partial charge in [-0.15, -0.1) is 0 Å². The van der Waals surface area contributed by atoms with E-state index in [-0.39, 0.29) is 5.56 Å². The van der Waals surface area contributed by atoms with Crippen molar-refractivity contribution in [3.05, 3.63) is 162 Å². The zero-order chi connectivity index (χ0) is 28.5. The number of para-hydroxylation sites is 5. The molecule has 43 heavy (non-hydrogen) atoms. The van der Waals surface area contributed by atoms with Crippen molar-refractivity contribution < 1.29 is 0 Å². The molecule has 0 N–H and O–H groups in total. The van der Waals surface area contributed by atoms with Crippen LogP contribution in [0, 0.1) is 0 Å². The van der Waals surface area contributed by atoms with Crippen molar-refractivity contribution in [2.45, 2.75) is 0 Å². The quantitative estimate of drug-likeness (QED) is 0.215. The van der Waals surface area contributed by atoms with Crippen molar-refractivity contribution in [2.75, 3.05) is 0 Å². The first-order valence-corrected chi connectivity index (χ1v) is 14.5. The molecule has 0 bridgehead atoms. The van der Waals surface area contributed by atoms with Gasteiger partial charge in [0, 0.05) is 27.4 Å². The van der Waals surface area contributed by atoms with Crippen molar-refractivity contribution in [3.63, 3.8) is 0 Å². The first-order chi connectivity index (χ1) is 21.3. The van der Waals surface area contributed by atoms with E-state index in [1.807, 2.05) is 59.2 Å². The smallest absolute Gasteiger partial charge is 0.266 e. The van der Waals surface area contributed by atoms with E-state index in [4.69, 9.17) is 0 Å². The number of hydrogen-bond donors (Lipinski definition) is 0. The van der Waals surface area contributed by atoms with Gasteiger partial charge in [0.1, 0.15) is 5.65 Å². The van der Waals surface area contributed by atoms with Gasteiger partial charge >= 0.3 is 0 Å². The van der Waals surface area contributed by atoms with Crippen molar-refractivity contribution in [1.29, 1.82) is 0 Å². The fourth-order valence-electron chi connectivity index (χ4n) is 6.83. The van der Waals surface area contributed by atoms with Crippen LogP contribution in [0.3, 0.4) is 0 Å². The first-order valence-electron chi connectivity index (χ1n) is 14.5. The fraction of sp³-hybridized carbons (Fsp3) is 0. The van der Waals surface area contributed by atoms with Crippen LogP contribution < -0.4 is 5.56 Å². The molecular formula is C39H25N3O. The second-order valence-electron chi connectivity index (χ2n) is 11.0. The molecule has 9 aromatic rings. The van der Waals surface area contributed by atoms with E-state index in [0.717, 1.165) is 44.6 Å². The van der Waals surface area contributed by atoms with Crippen LogP contribution in [-0.4, -0.2) is 13.5 Å². The number of benzene rings is 6. The topological polar surface area (TPSA) is 31.3 Å². The van der Waals surface area contributed by atoms with Gasteiger partial charge in [-0.2, -0.15) is 0 Å². The van der Waals surface area contributed by atoms with Gasteiger partial charge in [-0.1, -0.05) is 97.1 Å². The van der Waals surface area contributed by atoms with E-state index < -0.39 is 0 Å². The molecule has 0 unspecified atom stereocenters. The minimum absolute atomic E-state index is 0.0275. The second kappa shape index (κ2) is 9.07. The Morgan fingerprint density at radius 2 is 0.837 bits per heavy atom. The Kier molecular flexibility index (Phi) is 5.02. The number of hydrogen-bond acceptors (Lipinski definition) is 1. The zero-order valence-electron chi connectivity index (χ0n) is 23.2. The van der Waals surface area contributed by atoms with Crippen LogP contribution in [0.4, 0.5) is 0 Å². The number of fused-ring (bicyclic) bond motifs is 8. The third-order valence-corrected chi connectivity index (χ3v) is 8.65. The van der Waals surface area contributed by atoms with E-state index in [2.05, 4.69) is 106 Å². The zero-order valence-corrected chi connectivity index (χ0v) is 23.2. The molecule has 0 atom stereocenters. The van der Waals surface area contributed by atoms with Gasteiger partial charge in [-0.25, -0.2) is 0 Å². The molecule has 0 spiro atoms. The summed E-state index contributed by atoms with van der Waals surface area (Å²) in [6.07, 6.45) is 0. The summed E-state index contributed by atoms with van der Waals surface area (Å²) in [5.74, 6) is 0. The molecule has 9 rings (SSSR count). The highest BCUT2D eigenvalue weighted by Gasteiger charge is 2.22. The average molecular weight is 552 g/mol. The van der Waals surface area contributed by atoms with E-state index in [0.29, 0.717) is 5.39 Å². The lowest BCUT2D eigenvalue weighted by Gasteiger charge is -2.15. The van der Waals surface area contributed by atoms with Gasteiger partial charge in [0.25, 0.3) is 5.56 Å². The summed E-state index contributed by atoms with van der Waals surface area (Å²) in [4.78, 5) is 14.2. The second-order valence-corrected chi connectivity index (χ2v) is 11.0. The monoisotopic (exact) mass is 551 g/mol. The Bertz CT molecular complexity index is 2510. The average Bonchev–Trinajstić information content (AvgIpc) is 3.59. The molecule has 6 aromatic carbocycles. The Hall–Kier alpha value is -5.87. The maximum absolute atomic E-state index is 14.2. The van der Waals surface area contributed by atoms with Crippen LogP contribution in [0.5, 0.6) is 0 Å². The highest BCUT2D eigenvalue weighted by molar-refractivity contribution is 6.10. The molecule has 0 amide bonds. The van der Waals surface area contributed by atoms with Gasteiger partial charge in [-0.3, -0.25) is 13.8 Å². The largest absolute Gasteiger partial charge is 0.309 e. The highest BCUT2D eigenvalue weighted by Crippen LogP contribution is 2.39. The normalized spacial score (nSPS) is 11.8. The van der Waals surface area contributed by atoms with Crippen LogP contribution in [0.15, 0.2) is 156 Å². The maximum atomic E-state index is 14.2. The van der Waals surface area contributed by atoms with E-state index >= 15 is 0 Å². The summed E-state index contributed by atoms with van der Waals surface area (Å²) >= 11 is 0. The van der Waals surface area contributed by atoms with Crippen LogP contribution >= 0.6 is 0 Å². The van der Waals surface area contributed by atoms with Gasteiger partial charge in [0.15, 0.2) is 0 Å². The molecule has 4 heteroatoms. The minimum atomic E-state index is -0.0275. The van der Waals surface area contributed by atoms with Crippen molar-refractivity contribution in [1.82, 2.24) is 13.5 Å². The third kappa shape index (κ3) is 3.35. The Morgan fingerprint density at radius 1 is 0.372 bits per heavy atom. The van der Waals surface area contributed by atoms with Crippen molar-refractivity contribution >= 4 is 49.3 Å². The molecule has 0 radical (unpaired) electrons. The molecule has 0 aliphatic rings. The molecular weight excluding hydrogens is 526 g/mol. The van der Waals surface area contributed by atoms with E-state index in [9.17, 15) is 4.79 Å². The SMILES string of the molecule is O=c1c2ccccc2n2c3ccccc3c(-c3ccc(-n4c5ccccc5c5ccccc54)cc3)c2n1-c1ccccc1. The van der Waals surface area contributed by atoms with Crippen molar-refractivity contribution in [2.24, 2.45) is 0 Å². The molecule has 0 aliphatic carbocycles. The standard InChI is InChI=1S/C39H25N3O/c43-39-32-17-7-11-21-36(32)42-35-20-10-6-16-31(35)37(38(42)41(39)27-12-2-1-3-13-27)26-22-24-28(25-23-26)40-33-18-8-4-14-29(33)30-15-5-9-19-34(30)40/h1-25H. The maximum Gasteiger partial charge on any atom is 0.266 e. The first kappa shape index (κ1) is 23.8. The highest BCUT2D eigenvalue weighted by atomic mass is 16.1. The Morgan fingerprint density at radius 3 is 1.47 bits per heavy atom. The van der Waals surface area contributed by atoms with Crippen molar-refractivity contribution in [3.8, 4) is 22.5 Å². The van der Waals surface area contributed by atoms with Gasteiger partial charge in [0.2, 0.25) is 0 Å². The van der Waals surface area contributed by atoms with Gasteiger partial charge in [-0.05, 0) is 60.2 Å². The van der Waals surface area contributed by atoms with E-state index in [1.165, 1.54) is 21.8 Å². The van der Waals surface area contributed by atoms with Gasteiger partial charge in [0.05, 0.1) is 33.1 Å².